The molecule has 1 heterocycles. The van der Waals surface area contributed by atoms with Crippen LogP contribution in [0.1, 0.15) is 38.7 Å². The first-order valence-electron chi connectivity index (χ1n) is 7.71. The van der Waals surface area contributed by atoms with Gasteiger partial charge in [0.25, 0.3) is 0 Å². The first-order chi connectivity index (χ1) is 10.2. The van der Waals surface area contributed by atoms with E-state index in [1.807, 2.05) is 12.1 Å². The van der Waals surface area contributed by atoms with Crippen LogP contribution in [0, 0.1) is 5.92 Å². The molecule has 0 unspecified atom stereocenters. The fourth-order valence-electron chi connectivity index (χ4n) is 2.60. The SMILES string of the molecule is CCCCc1ccc(N2C[C@@H](C(=O)OCC)CC2=O)cc1. The minimum Gasteiger partial charge on any atom is -0.466 e. The molecule has 1 amide bonds. The average Bonchev–Trinajstić information content (AvgIpc) is 2.88. The Morgan fingerprint density at radius 2 is 2.00 bits per heavy atom. The number of ether oxygens (including phenoxy) is 1. The van der Waals surface area contributed by atoms with Crippen LogP contribution in [0.3, 0.4) is 0 Å². The minimum atomic E-state index is -0.336. The number of benzene rings is 1. The monoisotopic (exact) mass is 289 g/mol. The van der Waals surface area contributed by atoms with E-state index in [1.54, 1.807) is 11.8 Å². The number of amides is 1. The summed E-state index contributed by atoms with van der Waals surface area (Å²) in [6.07, 6.45) is 3.66. The zero-order valence-electron chi connectivity index (χ0n) is 12.8. The van der Waals surface area contributed by atoms with Crippen LogP contribution in [0.4, 0.5) is 5.69 Å². The van der Waals surface area contributed by atoms with Gasteiger partial charge in [-0.1, -0.05) is 25.5 Å². The van der Waals surface area contributed by atoms with Crippen LogP contribution < -0.4 is 4.90 Å². The fourth-order valence-corrected chi connectivity index (χ4v) is 2.60. The van der Waals surface area contributed by atoms with Gasteiger partial charge in [-0.3, -0.25) is 9.59 Å². The van der Waals surface area contributed by atoms with E-state index < -0.39 is 0 Å². The van der Waals surface area contributed by atoms with Crippen molar-refractivity contribution in [1.29, 1.82) is 0 Å². The lowest BCUT2D eigenvalue weighted by Crippen LogP contribution is -2.26. The molecule has 1 atom stereocenters. The predicted octanol–water partition coefficient (Wildman–Crippen LogP) is 2.95. The molecule has 1 aromatic carbocycles. The summed E-state index contributed by atoms with van der Waals surface area (Å²) in [7, 11) is 0. The maximum absolute atomic E-state index is 12.1. The van der Waals surface area contributed by atoms with E-state index in [2.05, 4.69) is 19.1 Å². The van der Waals surface area contributed by atoms with Gasteiger partial charge in [0.05, 0.1) is 12.5 Å². The molecule has 1 aromatic rings. The normalized spacial score (nSPS) is 18.1. The number of nitrogens with zero attached hydrogens (tertiary/aromatic N) is 1. The quantitative estimate of drug-likeness (QED) is 0.756. The lowest BCUT2D eigenvalue weighted by Gasteiger charge is -2.17. The van der Waals surface area contributed by atoms with Crippen LogP contribution in [0.5, 0.6) is 0 Å². The highest BCUT2D eigenvalue weighted by Gasteiger charge is 2.35. The van der Waals surface area contributed by atoms with E-state index in [1.165, 1.54) is 18.4 Å². The molecular formula is C17H23NO3. The van der Waals surface area contributed by atoms with Crippen molar-refractivity contribution in [3.8, 4) is 0 Å². The number of esters is 1. The van der Waals surface area contributed by atoms with Gasteiger partial charge >= 0.3 is 5.97 Å². The van der Waals surface area contributed by atoms with Crippen LogP contribution in [0.25, 0.3) is 0 Å². The van der Waals surface area contributed by atoms with Gasteiger partial charge in [0.2, 0.25) is 5.91 Å². The average molecular weight is 289 g/mol. The van der Waals surface area contributed by atoms with Crippen molar-refractivity contribution in [2.24, 2.45) is 5.92 Å². The Balaban J connectivity index is 2.01. The molecule has 0 N–H and O–H groups in total. The highest BCUT2D eigenvalue weighted by molar-refractivity contribution is 5.99. The number of carbonyl (C=O) groups excluding carboxylic acids is 2. The molecular weight excluding hydrogens is 266 g/mol. The van der Waals surface area contributed by atoms with Gasteiger partial charge in [-0.2, -0.15) is 0 Å². The van der Waals surface area contributed by atoms with Gasteiger partial charge in [-0.25, -0.2) is 0 Å². The summed E-state index contributed by atoms with van der Waals surface area (Å²) in [5.74, 6) is -0.612. The number of carbonyl (C=O) groups is 2. The van der Waals surface area contributed by atoms with Crippen LogP contribution in [-0.2, 0) is 20.7 Å². The van der Waals surface area contributed by atoms with Gasteiger partial charge in [0, 0.05) is 18.7 Å². The van der Waals surface area contributed by atoms with E-state index >= 15 is 0 Å². The second-order valence-corrected chi connectivity index (χ2v) is 5.43. The van der Waals surface area contributed by atoms with Gasteiger partial charge in [-0.05, 0) is 37.5 Å². The highest BCUT2D eigenvalue weighted by atomic mass is 16.5. The number of anilines is 1. The molecule has 0 saturated carbocycles. The van der Waals surface area contributed by atoms with E-state index in [0.717, 1.165) is 12.1 Å². The lowest BCUT2D eigenvalue weighted by molar-refractivity contribution is -0.147. The Hall–Kier alpha value is -1.84. The Labute approximate surface area is 126 Å². The summed E-state index contributed by atoms with van der Waals surface area (Å²) in [5, 5.41) is 0. The minimum absolute atomic E-state index is 0.00522. The third-order valence-corrected chi connectivity index (χ3v) is 3.81. The highest BCUT2D eigenvalue weighted by Crippen LogP contribution is 2.26. The molecule has 1 aliphatic rings. The number of hydrogen-bond donors (Lipinski definition) is 0. The second kappa shape index (κ2) is 7.25. The summed E-state index contributed by atoms with van der Waals surface area (Å²) in [6.45, 7) is 4.73. The standard InChI is InChI=1S/C17H23NO3/c1-3-5-6-13-7-9-15(10-8-13)18-12-14(11-16(18)19)17(20)21-4-2/h7-10,14H,3-6,11-12H2,1-2H3/t14-/m0/s1. The van der Waals surface area contributed by atoms with Crippen molar-refractivity contribution in [3.63, 3.8) is 0 Å². The maximum Gasteiger partial charge on any atom is 0.311 e. The summed E-state index contributed by atoms with van der Waals surface area (Å²) in [5.41, 5.74) is 2.15. The summed E-state index contributed by atoms with van der Waals surface area (Å²) >= 11 is 0. The zero-order chi connectivity index (χ0) is 15.2. The lowest BCUT2D eigenvalue weighted by atomic mass is 10.1. The molecule has 0 bridgehead atoms. The molecule has 2 rings (SSSR count). The largest absolute Gasteiger partial charge is 0.466 e. The zero-order valence-corrected chi connectivity index (χ0v) is 12.8. The molecule has 4 heteroatoms. The van der Waals surface area contributed by atoms with E-state index in [-0.39, 0.29) is 24.2 Å². The molecule has 0 aliphatic carbocycles. The molecule has 0 aromatic heterocycles. The van der Waals surface area contributed by atoms with E-state index in [0.29, 0.717) is 13.2 Å². The van der Waals surface area contributed by atoms with Crippen LogP contribution in [0.15, 0.2) is 24.3 Å². The molecule has 21 heavy (non-hydrogen) atoms. The third-order valence-electron chi connectivity index (χ3n) is 3.81. The Morgan fingerprint density at radius 1 is 1.29 bits per heavy atom. The van der Waals surface area contributed by atoms with Crippen LogP contribution in [-0.4, -0.2) is 25.0 Å². The summed E-state index contributed by atoms with van der Waals surface area (Å²) in [4.78, 5) is 25.5. The van der Waals surface area contributed by atoms with E-state index in [4.69, 9.17) is 4.74 Å². The van der Waals surface area contributed by atoms with Gasteiger partial charge in [0.15, 0.2) is 0 Å². The van der Waals surface area contributed by atoms with Crippen molar-refractivity contribution >= 4 is 17.6 Å². The van der Waals surface area contributed by atoms with Crippen LogP contribution in [0.2, 0.25) is 0 Å². The third kappa shape index (κ3) is 3.84. The molecule has 1 aliphatic heterocycles. The smallest absolute Gasteiger partial charge is 0.311 e. The Kier molecular flexibility index (Phi) is 5.37. The number of unbranched alkanes of at least 4 members (excludes halogenated alkanes) is 1. The molecule has 0 radical (unpaired) electrons. The van der Waals surface area contributed by atoms with Crippen molar-refractivity contribution in [1.82, 2.24) is 0 Å². The number of hydrogen-bond acceptors (Lipinski definition) is 3. The fraction of sp³-hybridized carbons (Fsp3) is 0.529. The number of aryl methyl sites for hydroxylation is 1. The molecule has 114 valence electrons. The number of rotatable bonds is 6. The van der Waals surface area contributed by atoms with Gasteiger partial charge in [-0.15, -0.1) is 0 Å². The van der Waals surface area contributed by atoms with Crippen molar-refractivity contribution in [3.05, 3.63) is 29.8 Å². The molecule has 0 spiro atoms. The Bertz CT molecular complexity index is 495. The topological polar surface area (TPSA) is 46.6 Å². The second-order valence-electron chi connectivity index (χ2n) is 5.43. The van der Waals surface area contributed by atoms with Crippen molar-refractivity contribution in [2.45, 2.75) is 39.5 Å². The summed E-state index contributed by atoms with van der Waals surface area (Å²) < 4.78 is 5.00. The first-order valence-corrected chi connectivity index (χ1v) is 7.71. The predicted molar refractivity (Wildman–Crippen MR) is 82.1 cm³/mol. The molecule has 1 fully saturated rings. The van der Waals surface area contributed by atoms with Crippen molar-refractivity contribution in [2.75, 3.05) is 18.1 Å². The first kappa shape index (κ1) is 15.5. The van der Waals surface area contributed by atoms with Gasteiger partial charge < -0.3 is 9.64 Å². The van der Waals surface area contributed by atoms with Crippen LogP contribution >= 0.6 is 0 Å². The van der Waals surface area contributed by atoms with Crippen molar-refractivity contribution < 1.29 is 14.3 Å². The molecule has 1 saturated heterocycles. The Morgan fingerprint density at radius 3 is 2.62 bits per heavy atom. The van der Waals surface area contributed by atoms with Gasteiger partial charge in [0.1, 0.15) is 0 Å². The molecule has 4 nitrogen and oxygen atoms in total. The summed E-state index contributed by atoms with van der Waals surface area (Å²) in [6, 6.07) is 8.07. The van der Waals surface area contributed by atoms with E-state index in [9.17, 15) is 9.59 Å². The maximum atomic E-state index is 12.1.